The molecular formula is C10H15FN2. The van der Waals surface area contributed by atoms with Crippen LogP contribution in [0.3, 0.4) is 0 Å². The Balaban J connectivity index is 2.90. The fourth-order valence-electron chi connectivity index (χ4n) is 1.01. The van der Waals surface area contributed by atoms with Gasteiger partial charge in [0.2, 0.25) is 0 Å². The monoisotopic (exact) mass is 182 g/mol. The molecule has 0 spiro atoms. The van der Waals surface area contributed by atoms with Crippen molar-refractivity contribution in [2.45, 2.75) is 26.8 Å². The molecule has 1 atom stereocenters. The number of hydrogen-bond donors (Lipinski definition) is 1. The van der Waals surface area contributed by atoms with E-state index >= 15 is 0 Å². The Labute approximate surface area is 78.0 Å². The van der Waals surface area contributed by atoms with Crippen LogP contribution < -0.4 is 5.73 Å². The highest BCUT2D eigenvalue weighted by molar-refractivity contribution is 5.11. The first kappa shape index (κ1) is 10.1. The van der Waals surface area contributed by atoms with Gasteiger partial charge in [0.05, 0.1) is 17.9 Å². The Bertz CT molecular complexity index is 274. The molecule has 0 aliphatic heterocycles. The third-order valence-corrected chi connectivity index (χ3v) is 2.00. The fraction of sp³-hybridized carbons (Fsp3) is 0.500. The lowest BCUT2D eigenvalue weighted by molar-refractivity contribution is 0.321. The van der Waals surface area contributed by atoms with Gasteiger partial charge in [-0.1, -0.05) is 20.8 Å². The smallest absolute Gasteiger partial charge is 0.141 e. The zero-order valence-corrected chi connectivity index (χ0v) is 8.21. The number of nitrogens with zero attached hydrogens (tertiary/aromatic N) is 1. The maximum Gasteiger partial charge on any atom is 0.141 e. The van der Waals surface area contributed by atoms with E-state index in [1.54, 1.807) is 6.07 Å². The van der Waals surface area contributed by atoms with Crippen molar-refractivity contribution < 1.29 is 4.39 Å². The molecule has 0 aliphatic carbocycles. The first-order chi connectivity index (χ1) is 5.91. The first-order valence-electron chi connectivity index (χ1n) is 4.28. The van der Waals surface area contributed by atoms with Gasteiger partial charge in [-0.25, -0.2) is 4.39 Å². The van der Waals surface area contributed by atoms with Gasteiger partial charge in [0, 0.05) is 0 Å². The quantitative estimate of drug-likeness (QED) is 0.723. The maximum atomic E-state index is 12.5. The van der Waals surface area contributed by atoms with E-state index in [-0.39, 0.29) is 17.3 Å². The van der Waals surface area contributed by atoms with Gasteiger partial charge in [-0.2, -0.15) is 0 Å². The molecule has 1 heterocycles. The van der Waals surface area contributed by atoms with Crippen LogP contribution in [-0.2, 0) is 0 Å². The van der Waals surface area contributed by atoms with Crippen LogP contribution in [0.5, 0.6) is 0 Å². The second kappa shape index (κ2) is 3.42. The molecule has 0 saturated carbocycles. The minimum Gasteiger partial charge on any atom is -0.322 e. The van der Waals surface area contributed by atoms with E-state index in [0.29, 0.717) is 0 Å². The minimum atomic E-state index is -0.329. The van der Waals surface area contributed by atoms with Crippen LogP contribution >= 0.6 is 0 Å². The molecule has 2 nitrogen and oxygen atoms in total. The highest BCUT2D eigenvalue weighted by Gasteiger charge is 2.23. The van der Waals surface area contributed by atoms with E-state index in [4.69, 9.17) is 5.73 Å². The van der Waals surface area contributed by atoms with Crippen LogP contribution in [0.25, 0.3) is 0 Å². The highest BCUT2D eigenvalue weighted by atomic mass is 19.1. The molecule has 1 rings (SSSR count). The molecule has 3 heteroatoms. The van der Waals surface area contributed by atoms with Crippen LogP contribution in [0.4, 0.5) is 4.39 Å². The van der Waals surface area contributed by atoms with E-state index in [1.807, 2.05) is 20.8 Å². The molecular weight excluding hydrogens is 167 g/mol. The van der Waals surface area contributed by atoms with E-state index in [9.17, 15) is 4.39 Å². The average Bonchev–Trinajstić information content (AvgIpc) is 2.03. The lowest BCUT2D eigenvalue weighted by Gasteiger charge is -2.26. The topological polar surface area (TPSA) is 38.9 Å². The summed E-state index contributed by atoms with van der Waals surface area (Å²) in [7, 11) is 0. The Kier molecular flexibility index (Phi) is 2.66. The van der Waals surface area contributed by atoms with Crippen molar-refractivity contribution in [2.75, 3.05) is 0 Å². The Morgan fingerprint density at radius 2 is 2.00 bits per heavy atom. The molecule has 0 fully saturated rings. The number of aromatic nitrogens is 1. The van der Waals surface area contributed by atoms with Gasteiger partial charge in [-0.15, -0.1) is 0 Å². The number of nitrogens with two attached hydrogens (primary N) is 1. The van der Waals surface area contributed by atoms with Crippen molar-refractivity contribution in [3.8, 4) is 0 Å². The Morgan fingerprint density at radius 3 is 2.38 bits per heavy atom. The number of hydrogen-bond acceptors (Lipinski definition) is 2. The Morgan fingerprint density at radius 1 is 1.38 bits per heavy atom. The third-order valence-electron chi connectivity index (χ3n) is 2.00. The molecule has 0 saturated heterocycles. The van der Waals surface area contributed by atoms with Crippen LogP contribution in [0.15, 0.2) is 18.3 Å². The zero-order chi connectivity index (χ0) is 10.1. The largest absolute Gasteiger partial charge is 0.322 e. The molecule has 13 heavy (non-hydrogen) atoms. The summed E-state index contributed by atoms with van der Waals surface area (Å²) in [6.45, 7) is 6.09. The van der Waals surface area contributed by atoms with Crippen molar-refractivity contribution in [3.63, 3.8) is 0 Å². The van der Waals surface area contributed by atoms with Gasteiger partial charge in [-0.05, 0) is 17.5 Å². The summed E-state index contributed by atoms with van der Waals surface area (Å²) < 4.78 is 12.5. The van der Waals surface area contributed by atoms with Crippen molar-refractivity contribution >= 4 is 0 Å². The second-order valence-corrected chi connectivity index (χ2v) is 4.24. The van der Waals surface area contributed by atoms with Gasteiger partial charge in [0.15, 0.2) is 0 Å². The molecule has 72 valence electrons. The maximum absolute atomic E-state index is 12.5. The van der Waals surface area contributed by atoms with E-state index in [2.05, 4.69) is 4.98 Å². The van der Waals surface area contributed by atoms with Gasteiger partial charge in [-0.3, -0.25) is 4.98 Å². The molecule has 0 radical (unpaired) electrons. The van der Waals surface area contributed by atoms with Crippen molar-refractivity contribution in [2.24, 2.45) is 11.1 Å². The fourth-order valence-corrected chi connectivity index (χ4v) is 1.01. The van der Waals surface area contributed by atoms with Crippen LogP contribution in [0, 0.1) is 11.2 Å². The molecule has 1 unspecified atom stereocenters. The summed E-state index contributed by atoms with van der Waals surface area (Å²) in [5, 5.41) is 0. The van der Waals surface area contributed by atoms with Gasteiger partial charge in [0.1, 0.15) is 5.82 Å². The van der Waals surface area contributed by atoms with Gasteiger partial charge < -0.3 is 5.73 Å². The van der Waals surface area contributed by atoms with Crippen LogP contribution in [-0.4, -0.2) is 4.98 Å². The Hall–Kier alpha value is -0.960. The second-order valence-electron chi connectivity index (χ2n) is 4.24. The normalized spacial score (nSPS) is 14.2. The van der Waals surface area contributed by atoms with Gasteiger partial charge >= 0.3 is 0 Å². The molecule has 1 aromatic heterocycles. The summed E-state index contributed by atoms with van der Waals surface area (Å²) in [5.74, 6) is -0.329. The summed E-state index contributed by atoms with van der Waals surface area (Å²) in [5.41, 5.74) is 6.62. The SMILES string of the molecule is CC(C)(C)C(N)c1ccc(F)cn1. The average molecular weight is 182 g/mol. The highest BCUT2D eigenvalue weighted by Crippen LogP contribution is 2.28. The first-order valence-corrected chi connectivity index (χ1v) is 4.28. The third kappa shape index (κ3) is 2.49. The lowest BCUT2D eigenvalue weighted by Crippen LogP contribution is -2.27. The van der Waals surface area contributed by atoms with Gasteiger partial charge in [0.25, 0.3) is 0 Å². The molecule has 0 amide bonds. The molecule has 1 aromatic rings. The summed E-state index contributed by atoms with van der Waals surface area (Å²) in [6.07, 6.45) is 1.20. The number of halogens is 1. The molecule has 0 aliphatic rings. The van der Waals surface area contributed by atoms with Crippen LogP contribution in [0.2, 0.25) is 0 Å². The standard InChI is InChI=1S/C10H15FN2/c1-10(2,3)9(12)8-5-4-7(11)6-13-8/h4-6,9H,12H2,1-3H3. The summed E-state index contributed by atoms with van der Waals surface area (Å²) in [6, 6.07) is 2.85. The molecule has 2 N–H and O–H groups in total. The lowest BCUT2D eigenvalue weighted by atomic mass is 9.85. The van der Waals surface area contributed by atoms with Crippen molar-refractivity contribution in [3.05, 3.63) is 29.8 Å². The summed E-state index contributed by atoms with van der Waals surface area (Å²) in [4.78, 5) is 3.94. The minimum absolute atomic E-state index is 0.0508. The van der Waals surface area contributed by atoms with Crippen molar-refractivity contribution in [1.29, 1.82) is 0 Å². The van der Waals surface area contributed by atoms with Crippen LogP contribution in [0.1, 0.15) is 32.5 Å². The van der Waals surface area contributed by atoms with E-state index in [0.717, 1.165) is 5.69 Å². The summed E-state index contributed by atoms with van der Waals surface area (Å²) >= 11 is 0. The van der Waals surface area contributed by atoms with E-state index < -0.39 is 0 Å². The predicted octanol–water partition coefficient (Wildman–Crippen LogP) is 2.27. The predicted molar refractivity (Wildman–Crippen MR) is 50.6 cm³/mol. The molecule has 0 aromatic carbocycles. The number of pyridine rings is 1. The molecule has 0 bridgehead atoms. The zero-order valence-electron chi connectivity index (χ0n) is 8.21. The van der Waals surface area contributed by atoms with Crippen molar-refractivity contribution in [1.82, 2.24) is 4.98 Å². The number of rotatable bonds is 1. The van der Waals surface area contributed by atoms with E-state index in [1.165, 1.54) is 12.3 Å².